The van der Waals surface area contributed by atoms with Crippen LogP contribution in [0.5, 0.6) is 0 Å². The van der Waals surface area contributed by atoms with Gasteiger partial charge in [0, 0.05) is 12.4 Å². The minimum Gasteiger partial charge on any atom is -0.423 e. The van der Waals surface area contributed by atoms with Crippen molar-refractivity contribution in [2.45, 2.75) is 0 Å². The molecule has 0 aliphatic heterocycles. The Morgan fingerprint density at radius 2 is 1.13 bits per heavy atom. The lowest BCUT2D eigenvalue weighted by atomic mass is 9.72. The second-order valence-electron chi connectivity index (χ2n) is 5.49. The van der Waals surface area contributed by atoms with Crippen LogP contribution in [0.1, 0.15) is 0 Å². The van der Waals surface area contributed by atoms with Gasteiger partial charge in [-0.3, -0.25) is 4.98 Å². The quantitative estimate of drug-likeness (QED) is 0.442. The summed E-state index contributed by atoms with van der Waals surface area (Å²) in [6, 6.07) is 19.6. The van der Waals surface area contributed by atoms with Gasteiger partial charge in [0.2, 0.25) is 0 Å². The highest BCUT2D eigenvalue weighted by Crippen LogP contribution is 2.35. The molecule has 3 aromatic carbocycles. The van der Waals surface area contributed by atoms with Crippen molar-refractivity contribution in [3.8, 4) is 11.1 Å². The molecule has 4 aromatic rings. The Kier molecular flexibility index (Phi) is 3.34. The summed E-state index contributed by atoms with van der Waals surface area (Å²) < 4.78 is 0. The molecule has 2 N–H and O–H groups in total. The van der Waals surface area contributed by atoms with Crippen molar-refractivity contribution < 1.29 is 10.0 Å². The summed E-state index contributed by atoms with van der Waals surface area (Å²) in [5, 5.41) is 23.6. The van der Waals surface area contributed by atoms with E-state index in [0.29, 0.717) is 5.46 Å². The molecule has 0 bridgehead atoms. The van der Waals surface area contributed by atoms with Crippen molar-refractivity contribution in [2.75, 3.05) is 0 Å². The fraction of sp³-hybridized carbons (Fsp3) is 0. The first kappa shape index (κ1) is 13.9. The van der Waals surface area contributed by atoms with Gasteiger partial charge in [0.1, 0.15) is 0 Å². The summed E-state index contributed by atoms with van der Waals surface area (Å²) in [4.78, 5) is 4.10. The molecule has 1 heterocycles. The Labute approximate surface area is 134 Å². The van der Waals surface area contributed by atoms with E-state index in [2.05, 4.69) is 4.98 Å². The molecule has 1 aromatic heterocycles. The normalized spacial score (nSPS) is 11.0. The van der Waals surface area contributed by atoms with Crippen LogP contribution in [0.4, 0.5) is 0 Å². The van der Waals surface area contributed by atoms with E-state index in [1.54, 1.807) is 12.4 Å². The molecule has 3 nitrogen and oxygen atoms in total. The fourth-order valence-corrected chi connectivity index (χ4v) is 3.27. The molecule has 23 heavy (non-hydrogen) atoms. The Balaban J connectivity index is 2.27. The predicted octanol–water partition coefficient (Wildman–Crippen LogP) is 2.73. The smallest absolute Gasteiger partial charge is 0.423 e. The number of nitrogens with zero attached hydrogens (tertiary/aromatic N) is 1. The lowest BCUT2D eigenvalue weighted by molar-refractivity contribution is 0.426. The number of hydrogen-bond acceptors (Lipinski definition) is 3. The molecule has 0 aliphatic carbocycles. The molecule has 0 saturated carbocycles. The standard InChI is InChI=1S/C19H14BNO2/c22-20(23)19-16-7-3-1-5-14(16)18(13-9-11-21-12-10-13)15-6-2-4-8-17(15)19/h1-12,22-23H. The van der Waals surface area contributed by atoms with Crippen LogP contribution >= 0.6 is 0 Å². The van der Waals surface area contributed by atoms with E-state index in [-0.39, 0.29) is 0 Å². The number of pyridine rings is 1. The highest BCUT2D eigenvalue weighted by molar-refractivity contribution is 6.66. The molecule has 4 rings (SSSR count). The second kappa shape index (κ2) is 5.50. The van der Waals surface area contributed by atoms with Crippen LogP contribution in [0.15, 0.2) is 73.1 Å². The van der Waals surface area contributed by atoms with E-state index in [1.807, 2.05) is 60.7 Å². The van der Waals surface area contributed by atoms with Gasteiger partial charge in [-0.25, -0.2) is 0 Å². The number of fused-ring (bicyclic) bond motifs is 2. The van der Waals surface area contributed by atoms with Crippen molar-refractivity contribution in [1.29, 1.82) is 0 Å². The van der Waals surface area contributed by atoms with Crippen molar-refractivity contribution in [2.24, 2.45) is 0 Å². The van der Waals surface area contributed by atoms with E-state index < -0.39 is 7.12 Å². The van der Waals surface area contributed by atoms with Crippen LogP contribution in [0, 0.1) is 0 Å². The molecule has 0 saturated heterocycles. The third kappa shape index (κ3) is 2.20. The van der Waals surface area contributed by atoms with E-state index in [1.165, 1.54) is 0 Å². The highest BCUT2D eigenvalue weighted by atomic mass is 16.4. The topological polar surface area (TPSA) is 53.4 Å². The molecule has 0 unspecified atom stereocenters. The van der Waals surface area contributed by atoms with Crippen LogP contribution in [0.3, 0.4) is 0 Å². The molecular formula is C19H14BNO2. The van der Waals surface area contributed by atoms with Gasteiger partial charge in [-0.15, -0.1) is 0 Å². The Morgan fingerprint density at radius 1 is 0.652 bits per heavy atom. The van der Waals surface area contributed by atoms with Crippen LogP contribution in [0.2, 0.25) is 0 Å². The summed E-state index contributed by atoms with van der Waals surface area (Å²) in [5.41, 5.74) is 2.70. The molecule has 110 valence electrons. The van der Waals surface area contributed by atoms with Crippen molar-refractivity contribution >= 4 is 34.1 Å². The highest BCUT2D eigenvalue weighted by Gasteiger charge is 2.21. The first-order valence-electron chi connectivity index (χ1n) is 7.47. The van der Waals surface area contributed by atoms with Crippen LogP contribution in [0.25, 0.3) is 32.7 Å². The lowest BCUT2D eigenvalue weighted by Crippen LogP contribution is -2.31. The van der Waals surface area contributed by atoms with E-state index in [9.17, 15) is 10.0 Å². The van der Waals surface area contributed by atoms with Gasteiger partial charge in [-0.05, 0) is 50.3 Å². The summed E-state index contributed by atoms with van der Waals surface area (Å²) in [6.07, 6.45) is 3.54. The molecule has 0 spiro atoms. The van der Waals surface area contributed by atoms with Gasteiger partial charge in [0.05, 0.1) is 0 Å². The molecule has 0 radical (unpaired) electrons. The lowest BCUT2D eigenvalue weighted by Gasteiger charge is -2.16. The molecular weight excluding hydrogens is 285 g/mol. The zero-order chi connectivity index (χ0) is 15.8. The minimum absolute atomic E-state index is 0.550. The SMILES string of the molecule is OB(O)c1c2ccccc2c(-c2ccncc2)c2ccccc12. The molecule has 0 amide bonds. The summed E-state index contributed by atoms with van der Waals surface area (Å²) in [7, 11) is -1.52. The zero-order valence-corrected chi connectivity index (χ0v) is 12.3. The van der Waals surface area contributed by atoms with Gasteiger partial charge in [0.25, 0.3) is 0 Å². The molecule has 0 atom stereocenters. The maximum absolute atomic E-state index is 9.93. The van der Waals surface area contributed by atoms with Crippen LogP contribution in [-0.4, -0.2) is 22.2 Å². The number of rotatable bonds is 2. The average molecular weight is 299 g/mol. The van der Waals surface area contributed by atoms with Crippen molar-refractivity contribution in [1.82, 2.24) is 4.98 Å². The molecule has 4 heteroatoms. The van der Waals surface area contributed by atoms with E-state index in [0.717, 1.165) is 32.7 Å². The minimum atomic E-state index is -1.52. The van der Waals surface area contributed by atoms with Crippen molar-refractivity contribution in [3.05, 3.63) is 73.1 Å². The van der Waals surface area contributed by atoms with Gasteiger partial charge in [-0.2, -0.15) is 0 Å². The first-order chi connectivity index (χ1) is 11.3. The third-order valence-electron chi connectivity index (χ3n) is 4.20. The summed E-state index contributed by atoms with van der Waals surface area (Å²) >= 11 is 0. The molecule has 0 aliphatic rings. The van der Waals surface area contributed by atoms with Gasteiger partial charge in [0.15, 0.2) is 0 Å². The Bertz CT molecular complexity index is 943. The monoisotopic (exact) mass is 299 g/mol. The Hall–Kier alpha value is -2.69. The average Bonchev–Trinajstić information content (AvgIpc) is 2.59. The number of benzene rings is 3. The summed E-state index contributed by atoms with van der Waals surface area (Å²) in [6.45, 7) is 0. The maximum Gasteiger partial charge on any atom is 0.489 e. The second-order valence-corrected chi connectivity index (χ2v) is 5.49. The Morgan fingerprint density at radius 3 is 1.61 bits per heavy atom. The van der Waals surface area contributed by atoms with E-state index in [4.69, 9.17) is 0 Å². The van der Waals surface area contributed by atoms with Gasteiger partial charge < -0.3 is 10.0 Å². The number of aromatic nitrogens is 1. The van der Waals surface area contributed by atoms with Crippen molar-refractivity contribution in [3.63, 3.8) is 0 Å². The van der Waals surface area contributed by atoms with Crippen LogP contribution in [-0.2, 0) is 0 Å². The van der Waals surface area contributed by atoms with Gasteiger partial charge >= 0.3 is 7.12 Å². The van der Waals surface area contributed by atoms with E-state index >= 15 is 0 Å². The summed E-state index contributed by atoms with van der Waals surface area (Å²) in [5.74, 6) is 0. The van der Waals surface area contributed by atoms with Crippen LogP contribution < -0.4 is 5.46 Å². The first-order valence-corrected chi connectivity index (χ1v) is 7.47. The zero-order valence-electron chi connectivity index (χ0n) is 12.3. The largest absolute Gasteiger partial charge is 0.489 e. The fourth-order valence-electron chi connectivity index (χ4n) is 3.27. The number of hydrogen-bond donors (Lipinski definition) is 2. The molecule has 0 fully saturated rings. The third-order valence-corrected chi connectivity index (χ3v) is 4.20. The predicted molar refractivity (Wildman–Crippen MR) is 94.5 cm³/mol. The maximum atomic E-state index is 9.93. The van der Waals surface area contributed by atoms with Gasteiger partial charge in [-0.1, -0.05) is 48.5 Å².